The Balaban J connectivity index is 2.68. The van der Waals surface area contributed by atoms with Crippen molar-refractivity contribution in [2.24, 2.45) is 0 Å². The Morgan fingerprint density at radius 2 is 1.47 bits per heavy atom. The van der Waals surface area contributed by atoms with E-state index in [0.717, 1.165) is 12.1 Å². The predicted octanol–water partition coefficient (Wildman–Crippen LogP) is 3.54. The van der Waals surface area contributed by atoms with E-state index < -0.39 is 30.1 Å². The van der Waals surface area contributed by atoms with Crippen LogP contribution < -0.4 is 0 Å². The molecule has 1 nitrogen and oxygen atoms in total. The number of hydrogen-bond donors (Lipinski definition) is 0. The summed E-state index contributed by atoms with van der Waals surface area (Å²) in [5.74, 6) is 0. The monoisotopic (exact) mass is 256 g/mol. The molecular formula is C10H6F6O. The molecule has 0 radical (unpaired) electrons. The summed E-state index contributed by atoms with van der Waals surface area (Å²) in [5, 5.41) is 0. The normalized spacial score (nSPS) is 19.2. The molecule has 0 fully saturated rings. The summed E-state index contributed by atoms with van der Waals surface area (Å²) in [6.45, 7) is -0.699. The van der Waals surface area contributed by atoms with Crippen molar-refractivity contribution in [2.75, 3.05) is 0 Å². The van der Waals surface area contributed by atoms with Gasteiger partial charge in [0.15, 0.2) is 0 Å². The van der Waals surface area contributed by atoms with Gasteiger partial charge in [0.05, 0.1) is 6.61 Å². The molecule has 0 aliphatic carbocycles. The maximum atomic E-state index is 12.7. The topological polar surface area (TPSA) is 9.23 Å². The van der Waals surface area contributed by atoms with Crippen LogP contribution in [0.5, 0.6) is 0 Å². The van der Waals surface area contributed by atoms with Crippen LogP contribution in [0.25, 0.3) is 0 Å². The highest BCUT2D eigenvalue weighted by molar-refractivity contribution is 5.38. The quantitative estimate of drug-likeness (QED) is 0.645. The van der Waals surface area contributed by atoms with Gasteiger partial charge in [-0.2, -0.15) is 26.3 Å². The number of fused-ring (bicyclic) bond motifs is 1. The third-order valence-corrected chi connectivity index (χ3v) is 2.64. The van der Waals surface area contributed by atoms with Gasteiger partial charge in [-0.1, -0.05) is 24.3 Å². The highest BCUT2D eigenvalue weighted by Gasteiger charge is 2.75. The SMILES string of the molecule is FC(F)(F)C1(C(F)(F)F)OCc2ccccc21. The lowest BCUT2D eigenvalue weighted by Crippen LogP contribution is -2.53. The summed E-state index contributed by atoms with van der Waals surface area (Å²) in [6.07, 6.45) is -11.1. The third kappa shape index (κ3) is 1.52. The molecule has 0 saturated carbocycles. The summed E-state index contributed by atoms with van der Waals surface area (Å²) in [7, 11) is 0. The van der Waals surface area contributed by atoms with Gasteiger partial charge in [0.25, 0.3) is 5.60 Å². The van der Waals surface area contributed by atoms with Crippen LogP contribution in [0.15, 0.2) is 24.3 Å². The standard InChI is InChI=1S/C10H6F6O/c11-9(12,13)8(10(14,15)16)7-4-2-1-3-6(7)5-17-8/h1-4H,5H2. The summed E-state index contributed by atoms with van der Waals surface area (Å²) in [6, 6.07) is 4.47. The predicted molar refractivity (Wildman–Crippen MR) is 45.0 cm³/mol. The summed E-state index contributed by atoms with van der Waals surface area (Å²) >= 11 is 0. The fraction of sp³-hybridized carbons (Fsp3) is 0.400. The molecule has 0 saturated heterocycles. The van der Waals surface area contributed by atoms with Crippen LogP contribution in [0.2, 0.25) is 0 Å². The van der Waals surface area contributed by atoms with Gasteiger partial charge in [-0.25, -0.2) is 0 Å². The van der Waals surface area contributed by atoms with Crippen LogP contribution in [-0.2, 0) is 16.9 Å². The minimum atomic E-state index is -5.54. The first-order chi connectivity index (χ1) is 7.70. The Bertz CT molecular complexity index is 419. The van der Waals surface area contributed by atoms with Crippen LogP contribution in [0.1, 0.15) is 11.1 Å². The minimum absolute atomic E-state index is 0.0952. The van der Waals surface area contributed by atoms with E-state index in [2.05, 4.69) is 4.74 Å². The summed E-state index contributed by atoms with van der Waals surface area (Å²) in [5.41, 5.74) is -5.17. The summed E-state index contributed by atoms with van der Waals surface area (Å²) in [4.78, 5) is 0. The van der Waals surface area contributed by atoms with Crippen molar-refractivity contribution in [3.05, 3.63) is 35.4 Å². The van der Waals surface area contributed by atoms with E-state index in [0.29, 0.717) is 0 Å². The molecule has 1 aliphatic heterocycles. The number of benzene rings is 1. The molecule has 17 heavy (non-hydrogen) atoms. The second kappa shape index (κ2) is 3.38. The van der Waals surface area contributed by atoms with Crippen LogP contribution in [0.4, 0.5) is 26.3 Å². The zero-order valence-corrected chi connectivity index (χ0v) is 8.19. The number of ether oxygens (including phenoxy) is 1. The van der Waals surface area contributed by atoms with Gasteiger partial charge >= 0.3 is 12.4 Å². The Kier molecular flexibility index (Phi) is 2.43. The van der Waals surface area contributed by atoms with Crippen molar-refractivity contribution < 1.29 is 31.1 Å². The maximum absolute atomic E-state index is 12.7. The zero-order valence-electron chi connectivity index (χ0n) is 8.19. The molecule has 0 aromatic heterocycles. The zero-order chi connectivity index (χ0) is 12.9. The molecule has 0 atom stereocenters. The minimum Gasteiger partial charge on any atom is -0.349 e. The Morgan fingerprint density at radius 1 is 0.941 bits per heavy atom. The van der Waals surface area contributed by atoms with Crippen molar-refractivity contribution in [3.63, 3.8) is 0 Å². The summed E-state index contributed by atoms with van der Waals surface area (Å²) < 4.78 is 80.6. The Hall–Kier alpha value is -1.24. The van der Waals surface area contributed by atoms with E-state index in [9.17, 15) is 26.3 Å². The van der Waals surface area contributed by atoms with Gasteiger partial charge in [-0.15, -0.1) is 0 Å². The van der Waals surface area contributed by atoms with Crippen LogP contribution >= 0.6 is 0 Å². The first-order valence-electron chi connectivity index (χ1n) is 4.56. The molecule has 1 aromatic rings. The van der Waals surface area contributed by atoms with Gasteiger partial charge in [0.1, 0.15) is 0 Å². The van der Waals surface area contributed by atoms with Crippen molar-refractivity contribution >= 4 is 0 Å². The number of alkyl halides is 6. The van der Waals surface area contributed by atoms with Gasteiger partial charge < -0.3 is 4.74 Å². The third-order valence-electron chi connectivity index (χ3n) is 2.64. The number of hydrogen-bond acceptors (Lipinski definition) is 1. The van der Waals surface area contributed by atoms with Gasteiger partial charge in [0, 0.05) is 5.56 Å². The van der Waals surface area contributed by atoms with Crippen LogP contribution in [0.3, 0.4) is 0 Å². The lowest BCUT2D eigenvalue weighted by atomic mass is 9.91. The van der Waals surface area contributed by atoms with Crippen molar-refractivity contribution in [3.8, 4) is 0 Å². The van der Waals surface area contributed by atoms with E-state index in [-0.39, 0.29) is 5.56 Å². The Morgan fingerprint density at radius 3 is 2.00 bits per heavy atom. The van der Waals surface area contributed by atoms with E-state index in [1.165, 1.54) is 12.1 Å². The highest BCUT2D eigenvalue weighted by atomic mass is 19.4. The fourth-order valence-corrected chi connectivity index (χ4v) is 1.88. The molecule has 1 aliphatic rings. The average molecular weight is 256 g/mol. The van der Waals surface area contributed by atoms with Crippen molar-refractivity contribution in [2.45, 2.75) is 24.6 Å². The molecule has 0 bridgehead atoms. The lowest BCUT2D eigenvalue weighted by molar-refractivity contribution is -0.385. The molecular weight excluding hydrogens is 250 g/mol. The molecule has 2 rings (SSSR count). The average Bonchev–Trinajstić information content (AvgIpc) is 2.55. The highest BCUT2D eigenvalue weighted by Crippen LogP contribution is 2.56. The first-order valence-corrected chi connectivity index (χ1v) is 4.56. The molecule has 0 unspecified atom stereocenters. The second-order valence-electron chi connectivity index (χ2n) is 3.62. The molecule has 0 spiro atoms. The van der Waals surface area contributed by atoms with Crippen LogP contribution in [0, 0.1) is 0 Å². The van der Waals surface area contributed by atoms with Gasteiger partial charge in [0.2, 0.25) is 0 Å². The second-order valence-corrected chi connectivity index (χ2v) is 3.62. The van der Waals surface area contributed by atoms with E-state index in [1.807, 2.05) is 0 Å². The first kappa shape index (κ1) is 12.2. The lowest BCUT2D eigenvalue weighted by Gasteiger charge is -2.33. The van der Waals surface area contributed by atoms with E-state index >= 15 is 0 Å². The van der Waals surface area contributed by atoms with Crippen LogP contribution in [-0.4, -0.2) is 12.4 Å². The fourth-order valence-electron chi connectivity index (χ4n) is 1.88. The maximum Gasteiger partial charge on any atom is 0.430 e. The smallest absolute Gasteiger partial charge is 0.349 e. The molecule has 94 valence electrons. The molecule has 1 aromatic carbocycles. The number of halogens is 6. The number of rotatable bonds is 0. The molecule has 0 amide bonds. The Labute approximate surface area is 92.0 Å². The largest absolute Gasteiger partial charge is 0.430 e. The molecule has 0 N–H and O–H groups in total. The van der Waals surface area contributed by atoms with E-state index in [1.54, 1.807) is 0 Å². The van der Waals surface area contributed by atoms with Crippen molar-refractivity contribution in [1.82, 2.24) is 0 Å². The molecule has 7 heteroatoms. The van der Waals surface area contributed by atoms with Gasteiger partial charge in [-0.3, -0.25) is 0 Å². The molecule has 1 heterocycles. The van der Waals surface area contributed by atoms with Gasteiger partial charge in [-0.05, 0) is 5.56 Å². The van der Waals surface area contributed by atoms with Crippen molar-refractivity contribution in [1.29, 1.82) is 0 Å². The van der Waals surface area contributed by atoms with E-state index in [4.69, 9.17) is 0 Å².